The van der Waals surface area contributed by atoms with Gasteiger partial charge in [-0.25, -0.2) is 4.98 Å². The first-order valence-corrected chi connectivity index (χ1v) is 10.2. The van der Waals surface area contributed by atoms with Crippen molar-refractivity contribution in [1.82, 2.24) is 9.88 Å². The van der Waals surface area contributed by atoms with Crippen LogP contribution in [0.4, 0.5) is 5.82 Å². The van der Waals surface area contributed by atoms with Crippen LogP contribution in [-0.4, -0.2) is 49.7 Å². The Morgan fingerprint density at radius 1 is 1.00 bits per heavy atom. The number of likely N-dealkylation sites (N-methyl/N-ethyl adjacent to an activating group) is 1. The highest BCUT2D eigenvalue weighted by Crippen LogP contribution is 2.32. The number of rotatable bonds is 5. The van der Waals surface area contributed by atoms with E-state index in [0.29, 0.717) is 0 Å². The normalized spacial score (nSPS) is 16.3. The Morgan fingerprint density at radius 3 is 2.39 bits per heavy atom. The molecule has 0 spiro atoms. The quantitative estimate of drug-likeness (QED) is 0.655. The van der Waals surface area contributed by atoms with Crippen LogP contribution in [0.1, 0.15) is 31.0 Å². The van der Waals surface area contributed by atoms with Crippen LogP contribution in [-0.2, 0) is 0 Å². The molecule has 0 radical (unpaired) electrons. The highest BCUT2D eigenvalue weighted by molar-refractivity contribution is 5.92. The van der Waals surface area contributed by atoms with Gasteiger partial charge in [0.05, 0.1) is 12.8 Å². The Labute approximate surface area is 167 Å². The van der Waals surface area contributed by atoms with E-state index >= 15 is 0 Å². The Balaban J connectivity index is 1.71. The van der Waals surface area contributed by atoms with E-state index in [4.69, 9.17) is 9.72 Å². The molecular formula is C24H29N3O. The predicted octanol–water partition coefficient (Wildman–Crippen LogP) is 4.54. The monoisotopic (exact) mass is 375 g/mol. The van der Waals surface area contributed by atoms with E-state index in [0.717, 1.165) is 50.0 Å². The molecule has 0 bridgehead atoms. The van der Waals surface area contributed by atoms with Crippen molar-refractivity contribution < 1.29 is 4.74 Å². The maximum absolute atomic E-state index is 5.30. The van der Waals surface area contributed by atoms with Gasteiger partial charge in [0.2, 0.25) is 0 Å². The third-order valence-electron chi connectivity index (χ3n) is 5.92. The first kappa shape index (κ1) is 18.8. The van der Waals surface area contributed by atoms with Crippen LogP contribution in [0.2, 0.25) is 0 Å². The van der Waals surface area contributed by atoms with Gasteiger partial charge in [-0.05, 0) is 35.7 Å². The number of anilines is 1. The second-order valence-corrected chi connectivity index (χ2v) is 7.51. The van der Waals surface area contributed by atoms with Crippen LogP contribution < -0.4 is 9.64 Å². The summed E-state index contributed by atoms with van der Waals surface area (Å²) < 4.78 is 5.30. The lowest BCUT2D eigenvalue weighted by molar-refractivity contribution is 0.270. The number of hydrogen-bond donors (Lipinski definition) is 0. The summed E-state index contributed by atoms with van der Waals surface area (Å²) in [4.78, 5) is 10.1. The molecule has 0 aliphatic carbocycles. The van der Waals surface area contributed by atoms with Gasteiger partial charge < -0.3 is 14.5 Å². The zero-order valence-electron chi connectivity index (χ0n) is 17.1. The summed E-state index contributed by atoms with van der Waals surface area (Å²) in [7, 11) is 1.70. The van der Waals surface area contributed by atoms with Gasteiger partial charge >= 0.3 is 0 Å². The lowest BCUT2D eigenvalue weighted by atomic mass is 9.95. The summed E-state index contributed by atoms with van der Waals surface area (Å²) in [6, 6.07) is 19.2. The summed E-state index contributed by atoms with van der Waals surface area (Å²) in [5.74, 6) is 2.24. The Bertz CT molecular complexity index is 930. The van der Waals surface area contributed by atoms with Crippen molar-refractivity contribution in [2.24, 2.45) is 0 Å². The number of pyridine rings is 1. The molecule has 4 nitrogen and oxygen atoms in total. The second-order valence-electron chi connectivity index (χ2n) is 7.51. The first-order chi connectivity index (χ1) is 13.7. The summed E-state index contributed by atoms with van der Waals surface area (Å²) in [5.41, 5.74) is 2.38. The van der Waals surface area contributed by atoms with Crippen molar-refractivity contribution in [2.45, 2.75) is 19.8 Å². The van der Waals surface area contributed by atoms with Crippen LogP contribution in [0, 0.1) is 0 Å². The molecule has 0 N–H and O–H groups in total. The van der Waals surface area contributed by atoms with Crippen molar-refractivity contribution in [3.63, 3.8) is 0 Å². The molecule has 2 aromatic carbocycles. The molecule has 1 saturated heterocycles. The fraction of sp³-hybridized carbons (Fsp3) is 0.375. The van der Waals surface area contributed by atoms with Gasteiger partial charge in [0, 0.05) is 37.5 Å². The number of nitrogens with zero attached hydrogens (tertiary/aromatic N) is 3. The van der Waals surface area contributed by atoms with Gasteiger partial charge in [0.1, 0.15) is 11.6 Å². The molecule has 1 atom stereocenters. The molecule has 0 saturated carbocycles. The van der Waals surface area contributed by atoms with Gasteiger partial charge in [-0.3, -0.25) is 0 Å². The SMILES string of the molecule is CCN1CCN(c2nc(C(C)c3ccc(OC)cc3)cc3ccccc23)CC1. The summed E-state index contributed by atoms with van der Waals surface area (Å²) in [6.45, 7) is 9.86. The zero-order chi connectivity index (χ0) is 19.5. The second kappa shape index (κ2) is 8.19. The van der Waals surface area contributed by atoms with Gasteiger partial charge in [-0.1, -0.05) is 50.2 Å². The van der Waals surface area contributed by atoms with Crippen molar-refractivity contribution in [3.05, 3.63) is 65.9 Å². The van der Waals surface area contributed by atoms with Crippen LogP contribution in [0.3, 0.4) is 0 Å². The van der Waals surface area contributed by atoms with E-state index in [1.165, 1.54) is 16.3 Å². The van der Waals surface area contributed by atoms with E-state index in [1.807, 2.05) is 12.1 Å². The molecule has 0 amide bonds. The standard InChI is InChI=1S/C24H29N3O/c1-4-26-13-15-27(16-14-26)24-22-8-6-5-7-20(22)17-23(25-24)18(2)19-9-11-21(28-3)12-10-19/h5-12,17-18H,4,13-16H2,1-3H3. The third-order valence-corrected chi connectivity index (χ3v) is 5.92. The fourth-order valence-corrected chi connectivity index (χ4v) is 4.00. The van der Waals surface area contributed by atoms with Gasteiger partial charge in [0.15, 0.2) is 0 Å². The Hall–Kier alpha value is -2.59. The van der Waals surface area contributed by atoms with Crippen molar-refractivity contribution >= 4 is 16.6 Å². The number of hydrogen-bond acceptors (Lipinski definition) is 4. The number of piperazine rings is 1. The molecule has 28 heavy (non-hydrogen) atoms. The summed E-state index contributed by atoms with van der Waals surface area (Å²) in [6.07, 6.45) is 0. The largest absolute Gasteiger partial charge is 0.497 e. The van der Waals surface area contributed by atoms with E-state index < -0.39 is 0 Å². The maximum atomic E-state index is 5.30. The number of benzene rings is 2. The highest BCUT2D eigenvalue weighted by Gasteiger charge is 2.21. The number of aromatic nitrogens is 1. The number of methoxy groups -OCH3 is 1. The molecule has 3 aromatic rings. The summed E-state index contributed by atoms with van der Waals surface area (Å²) >= 11 is 0. The van der Waals surface area contributed by atoms with Crippen molar-refractivity contribution in [1.29, 1.82) is 0 Å². The van der Waals surface area contributed by atoms with Gasteiger partial charge in [0.25, 0.3) is 0 Å². The lowest BCUT2D eigenvalue weighted by Gasteiger charge is -2.35. The lowest BCUT2D eigenvalue weighted by Crippen LogP contribution is -2.46. The minimum Gasteiger partial charge on any atom is -0.497 e. The summed E-state index contributed by atoms with van der Waals surface area (Å²) in [5, 5.41) is 2.51. The Kier molecular flexibility index (Phi) is 5.49. The first-order valence-electron chi connectivity index (χ1n) is 10.2. The highest BCUT2D eigenvalue weighted by atomic mass is 16.5. The fourth-order valence-electron chi connectivity index (χ4n) is 4.00. The molecule has 1 aliphatic heterocycles. The van der Waals surface area contributed by atoms with E-state index in [2.05, 4.69) is 66.1 Å². The topological polar surface area (TPSA) is 28.6 Å². The maximum Gasteiger partial charge on any atom is 0.136 e. The smallest absolute Gasteiger partial charge is 0.136 e. The minimum atomic E-state index is 0.228. The van der Waals surface area contributed by atoms with Gasteiger partial charge in [-0.15, -0.1) is 0 Å². The van der Waals surface area contributed by atoms with Crippen molar-refractivity contribution in [3.8, 4) is 5.75 Å². The van der Waals surface area contributed by atoms with Gasteiger partial charge in [-0.2, -0.15) is 0 Å². The van der Waals surface area contributed by atoms with Crippen LogP contribution in [0.15, 0.2) is 54.6 Å². The molecule has 1 unspecified atom stereocenters. The molecule has 2 heterocycles. The van der Waals surface area contributed by atoms with E-state index in [9.17, 15) is 0 Å². The number of ether oxygens (including phenoxy) is 1. The molecule has 1 fully saturated rings. The molecule has 1 aliphatic rings. The molecule has 4 heteroatoms. The average molecular weight is 376 g/mol. The molecular weight excluding hydrogens is 346 g/mol. The van der Waals surface area contributed by atoms with E-state index in [1.54, 1.807) is 7.11 Å². The average Bonchev–Trinajstić information content (AvgIpc) is 2.78. The number of fused-ring (bicyclic) bond motifs is 1. The van der Waals surface area contributed by atoms with Crippen LogP contribution in [0.5, 0.6) is 5.75 Å². The van der Waals surface area contributed by atoms with E-state index in [-0.39, 0.29) is 5.92 Å². The van der Waals surface area contributed by atoms with Crippen LogP contribution >= 0.6 is 0 Å². The Morgan fingerprint density at radius 2 is 1.71 bits per heavy atom. The minimum absolute atomic E-state index is 0.228. The molecule has 146 valence electrons. The molecule has 4 rings (SSSR count). The zero-order valence-corrected chi connectivity index (χ0v) is 17.1. The van der Waals surface area contributed by atoms with Crippen LogP contribution in [0.25, 0.3) is 10.8 Å². The molecule has 1 aromatic heterocycles. The third kappa shape index (κ3) is 3.69. The van der Waals surface area contributed by atoms with Crippen molar-refractivity contribution in [2.75, 3.05) is 44.7 Å². The predicted molar refractivity (Wildman–Crippen MR) is 117 cm³/mol.